The summed E-state index contributed by atoms with van der Waals surface area (Å²) in [6.07, 6.45) is 3.81. The van der Waals surface area contributed by atoms with Gasteiger partial charge in [0.05, 0.1) is 38.6 Å². The first-order valence-electron chi connectivity index (χ1n) is 12.9. The van der Waals surface area contributed by atoms with Crippen LogP contribution < -0.4 is 9.47 Å². The van der Waals surface area contributed by atoms with Gasteiger partial charge in [0, 0.05) is 0 Å². The third kappa shape index (κ3) is 7.71. The van der Waals surface area contributed by atoms with Crippen molar-refractivity contribution in [2.75, 3.05) is 26.2 Å². The molecular weight excluding hydrogens is 472 g/mol. The van der Waals surface area contributed by atoms with E-state index in [2.05, 4.69) is 44.5 Å². The molecule has 6 nitrogen and oxygen atoms in total. The van der Waals surface area contributed by atoms with Crippen molar-refractivity contribution >= 4 is 12.4 Å². The highest BCUT2D eigenvalue weighted by atomic mass is 16.5. The van der Waals surface area contributed by atoms with Crippen LogP contribution in [0.3, 0.4) is 0 Å². The zero-order valence-corrected chi connectivity index (χ0v) is 21.4. The highest BCUT2D eigenvalue weighted by Gasteiger charge is 2.13. The number of piperazine rings is 1. The second kappa shape index (κ2) is 13.1. The van der Waals surface area contributed by atoms with E-state index >= 15 is 0 Å². The molecule has 0 aromatic heterocycles. The van der Waals surface area contributed by atoms with Crippen LogP contribution in [0, 0.1) is 0 Å². The number of ether oxygens (including phenoxy) is 2. The first-order chi connectivity index (χ1) is 18.8. The molecule has 1 heterocycles. The Kier molecular flexibility index (Phi) is 8.65. The van der Waals surface area contributed by atoms with E-state index in [1.165, 1.54) is 0 Å². The van der Waals surface area contributed by atoms with Gasteiger partial charge in [0.2, 0.25) is 0 Å². The van der Waals surface area contributed by atoms with Crippen LogP contribution in [0.2, 0.25) is 0 Å². The van der Waals surface area contributed by atoms with E-state index in [0.717, 1.165) is 59.9 Å². The molecule has 1 aliphatic rings. The summed E-state index contributed by atoms with van der Waals surface area (Å²) in [5, 5.41) is 13.5. The second-order valence-corrected chi connectivity index (χ2v) is 9.08. The van der Waals surface area contributed by atoms with Gasteiger partial charge in [0.15, 0.2) is 0 Å². The molecule has 4 aromatic rings. The Morgan fingerprint density at radius 2 is 0.868 bits per heavy atom. The topological polar surface area (TPSA) is 49.7 Å². The van der Waals surface area contributed by atoms with Gasteiger partial charge < -0.3 is 9.47 Å². The lowest BCUT2D eigenvalue weighted by Gasteiger charge is -2.31. The molecule has 0 saturated carbocycles. The fraction of sp³-hybridized carbons (Fsp3) is 0.188. The van der Waals surface area contributed by atoms with Crippen LogP contribution >= 0.6 is 0 Å². The molecule has 38 heavy (non-hydrogen) atoms. The lowest BCUT2D eigenvalue weighted by molar-refractivity contribution is 0.141. The van der Waals surface area contributed by atoms with Crippen LogP contribution in [-0.2, 0) is 13.2 Å². The zero-order valence-electron chi connectivity index (χ0n) is 21.4. The van der Waals surface area contributed by atoms with Crippen LogP contribution in [0.5, 0.6) is 11.5 Å². The number of hydrogen-bond donors (Lipinski definition) is 0. The summed E-state index contributed by atoms with van der Waals surface area (Å²) in [6, 6.07) is 36.4. The molecule has 6 heteroatoms. The van der Waals surface area contributed by atoms with Crippen LogP contribution in [0.1, 0.15) is 22.3 Å². The molecule has 4 aromatic carbocycles. The molecule has 0 bridgehead atoms. The Morgan fingerprint density at radius 1 is 0.500 bits per heavy atom. The van der Waals surface area contributed by atoms with Gasteiger partial charge in [-0.15, -0.1) is 0 Å². The van der Waals surface area contributed by atoms with Gasteiger partial charge in [-0.3, -0.25) is 10.0 Å². The van der Waals surface area contributed by atoms with E-state index in [1.54, 1.807) is 0 Å². The van der Waals surface area contributed by atoms with E-state index < -0.39 is 0 Å². The van der Waals surface area contributed by atoms with E-state index in [0.29, 0.717) is 13.2 Å². The second-order valence-electron chi connectivity index (χ2n) is 9.08. The molecule has 0 radical (unpaired) electrons. The Balaban J connectivity index is 1.03. The standard InChI is InChI=1S/C32H32N4O2/c1-3-7-29(8-4-1)25-37-31-15-11-27(12-16-31)23-33-35-19-21-36(22-20-35)34-24-28-13-17-32(18-14-28)38-26-30-9-5-2-6-10-30/h1-18,23-24H,19-22,25-26H2. The Morgan fingerprint density at radius 3 is 1.24 bits per heavy atom. The smallest absolute Gasteiger partial charge is 0.119 e. The Bertz CT molecular complexity index is 1190. The summed E-state index contributed by atoms with van der Waals surface area (Å²) in [5.41, 5.74) is 4.41. The minimum Gasteiger partial charge on any atom is -0.489 e. The number of benzene rings is 4. The van der Waals surface area contributed by atoms with E-state index in [4.69, 9.17) is 9.47 Å². The van der Waals surface area contributed by atoms with Gasteiger partial charge in [-0.1, -0.05) is 60.7 Å². The summed E-state index contributed by atoms with van der Waals surface area (Å²) >= 11 is 0. The maximum Gasteiger partial charge on any atom is 0.119 e. The molecule has 5 rings (SSSR count). The van der Waals surface area contributed by atoms with Gasteiger partial charge in [0.1, 0.15) is 24.7 Å². The van der Waals surface area contributed by atoms with Crippen molar-refractivity contribution in [3.8, 4) is 11.5 Å². The lowest BCUT2D eigenvalue weighted by atomic mass is 10.2. The highest BCUT2D eigenvalue weighted by molar-refractivity contribution is 5.80. The van der Waals surface area contributed by atoms with Crippen LogP contribution in [0.4, 0.5) is 0 Å². The van der Waals surface area contributed by atoms with Crippen molar-refractivity contribution in [1.82, 2.24) is 10.0 Å². The van der Waals surface area contributed by atoms with Crippen LogP contribution in [-0.4, -0.2) is 48.6 Å². The number of nitrogens with zero attached hydrogens (tertiary/aromatic N) is 4. The van der Waals surface area contributed by atoms with Crippen molar-refractivity contribution in [3.05, 3.63) is 131 Å². The Labute approximate surface area is 224 Å². The average Bonchev–Trinajstić information content (AvgIpc) is 2.99. The predicted molar refractivity (Wildman–Crippen MR) is 153 cm³/mol. The van der Waals surface area contributed by atoms with Gasteiger partial charge in [-0.2, -0.15) is 10.2 Å². The van der Waals surface area contributed by atoms with E-state index in [-0.39, 0.29) is 0 Å². The molecule has 0 spiro atoms. The lowest BCUT2D eigenvalue weighted by Crippen LogP contribution is -2.41. The molecule has 0 unspecified atom stereocenters. The summed E-state index contributed by atoms with van der Waals surface area (Å²) in [5.74, 6) is 1.71. The van der Waals surface area contributed by atoms with E-state index in [9.17, 15) is 0 Å². The van der Waals surface area contributed by atoms with Crippen molar-refractivity contribution in [2.24, 2.45) is 10.2 Å². The zero-order chi connectivity index (χ0) is 25.8. The third-order valence-electron chi connectivity index (χ3n) is 6.23. The maximum absolute atomic E-state index is 5.86. The SMILES string of the molecule is C(=NN1CCN(N=Cc2ccc(OCc3ccccc3)cc2)CC1)c1ccc(OCc2ccccc2)cc1. The van der Waals surface area contributed by atoms with Crippen molar-refractivity contribution in [1.29, 1.82) is 0 Å². The fourth-order valence-corrected chi connectivity index (χ4v) is 3.99. The largest absolute Gasteiger partial charge is 0.489 e. The molecule has 1 aliphatic heterocycles. The minimum absolute atomic E-state index is 0.565. The monoisotopic (exact) mass is 504 g/mol. The van der Waals surface area contributed by atoms with Gasteiger partial charge in [-0.05, 0) is 70.8 Å². The number of hydrogen-bond acceptors (Lipinski definition) is 6. The minimum atomic E-state index is 0.565. The highest BCUT2D eigenvalue weighted by Crippen LogP contribution is 2.15. The molecule has 1 fully saturated rings. The first kappa shape index (κ1) is 25.1. The summed E-state index contributed by atoms with van der Waals surface area (Å²) in [6.45, 7) is 4.46. The van der Waals surface area contributed by atoms with Gasteiger partial charge in [-0.25, -0.2) is 0 Å². The molecule has 0 atom stereocenters. The summed E-state index contributed by atoms with van der Waals surface area (Å²) in [4.78, 5) is 0. The number of rotatable bonds is 10. The molecule has 1 saturated heterocycles. The quantitative estimate of drug-likeness (QED) is 0.255. The normalized spacial score (nSPS) is 13.8. The fourth-order valence-electron chi connectivity index (χ4n) is 3.99. The van der Waals surface area contributed by atoms with Crippen molar-refractivity contribution < 1.29 is 9.47 Å². The predicted octanol–water partition coefficient (Wildman–Crippen LogP) is 5.83. The summed E-state index contributed by atoms with van der Waals surface area (Å²) < 4.78 is 11.7. The van der Waals surface area contributed by atoms with E-state index in [1.807, 2.05) is 97.4 Å². The molecular formula is C32H32N4O2. The van der Waals surface area contributed by atoms with Crippen LogP contribution in [0.15, 0.2) is 119 Å². The van der Waals surface area contributed by atoms with Gasteiger partial charge >= 0.3 is 0 Å². The van der Waals surface area contributed by atoms with Gasteiger partial charge in [0.25, 0.3) is 0 Å². The van der Waals surface area contributed by atoms with Crippen molar-refractivity contribution in [3.63, 3.8) is 0 Å². The Hall–Kier alpha value is -4.58. The molecule has 0 amide bonds. The molecule has 0 aliphatic carbocycles. The average molecular weight is 505 g/mol. The molecule has 0 N–H and O–H groups in total. The third-order valence-corrected chi connectivity index (χ3v) is 6.23. The molecule has 192 valence electrons. The van der Waals surface area contributed by atoms with Crippen LogP contribution in [0.25, 0.3) is 0 Å². The number of hydrazone groups is 2. The maximum atomic E-state index is 5.86. The van der Waals surface area contributed by atoms with Crippen molar-refractivity contribution in [2.45, 2.75) is 13.2 Å². The summed E-state index contributed by atoms with van der Waals surface area (Å²) in [7, 11) is 0. The first-order valence-corrected chi connectivity index (χ1v) is 12.9.